The summed E-state index contributed by atoms with van der Waals surface area (Å²) in [6, 6.07) is 30.9. The molecular formula is C49H62N4O. The molecule has 284 valence electrons. The third kappa shape index (κ3) is 7.18. The number of rotatable bonds is 10. The fraction of sp³-hybridized carbons (Fsp3) is 0.531. The lowest BCUT2D eigenvalue weighted by Crippen LogP contribution is -2.54. The number of benzene rings is 2. The van der Waals surface area contributed by atoms with Crippen molar-refractivity contribution in [2.24, 2.45) is 46.0 Å². The van der Waals surface area contributed by atoms with E-state index >= 15 is 0 Å². The highest BCUT2D eigenvalue weighted by Crippen LogP contribution is 2.68. The Bertz CT molecular complexity index is 1860. The van der Waals surface area contributed by atoms with Gasteiger partial charge in [0.1, 0.15) is 0 Å². The van der Waals surface area contributed by atoms with Gasteiger partial charge in [-0.1, -0.05) is 74.2 Å². The first-order chi connectivity index (χ1) is 25.7. The summed E-state index contributed by atoms with van der Waals surface area (Å²) in [5.41, 5.74) is 20.1. The van der Waals surface area contributed by atoms with E-state index in [-0.39, 0.29) is 7.43 Å². The zero-order valence-electron chi connectivity index (χ0n) is 31.5. The van der Waals surface area contributed by atoms with Crippen LogP contribution >= 0.6 is 0 Å². The molecule has 4 unspecified atom stereocenters. The van der Waals surface area contributed by atoms with Crippen LogP contribution in [0.4, 0.5) is 0 Å². The number of carbonyl (C=O) groups is 1. The molecule has 0 radical (unpaired) electrons. The molecule has 5 nitrogen and oxygen atoms in total. The van der Waals surface area contributed by atoms with Crippen LogP contribution in [0.2, 0.25) is 0 Å². The lowest BCUT2D eigenvalue weighted by Gasteiger charge is -2.63. The Morgan fingerprint density at radius 2 is 1.04 bits per heavy atom. The van der Waals surface area contributed by atoms with Crippen molar-refractivity contribution in [2.75, 3.05) is 0 Å². The molecule has 0 aliphatic heterocycles. The number of pyridine rings is 2. The summed E-state index contributed by atoms with van der Waals surface area (Å²) in [6.07, 6.45) is 25.3. The van der Waals surface area contributed by atoms with Gasteiger partial charge in [0.2, 0.25) is 5.91 Å². The number of nitrogens with two attached hydrogens (primary N) is 2. The molecule has 2 aromatic carbocycles. The minimum atomic E-state index is -0.403. The van der Waals surface area contributed by atoms with Crippen LogP contribution in [0.3, 0.4) is 0 Å². The van der Waals surface area contributed by atoms with Crippen LogP contribution in [-0.2, 0) is 30.2 Å². The van der Waals surface area contributed by atoms with E-state index in [1.807, 2.05) is 18.3 Å². The molecule has 8 saturated carbocycles. The first-order valence-electron chi connectivity index (χ1n) is 20.7. The second-order valence-electron chi connectivity index (χ2n) is 19.0. The molecule has 5 heteroatoms. The van der Waals surface area contributed by atoms with Crippen molar-refractivity contribution in [3.8, 4) is 0 Å². The highest BCUT2D eigenvalue weighted by Gasteiger charge is 2.59. The number of carbonyl (C=O) groups excluding carboxylic acids is 1. The zero-order valence-corrected chi connectivity index (χ0v) is 31.5. The minimum Gasteiger partial charge on any atom is -0.366 e. The van der Waals surface area contributed by atoms with E-state index in [0.717, 1.165) is 47.8 Å². The van der Waals surface area contributed by atoms with Gasteiger partial charge < -0.3 is 11.5 Å². The van der Waals surface area contributed by atoms with Crippen LogP contribution in [-0.4, -0.2) is 15.9 Å². The molecule has 4 atom stereocenters. The number of hydrogen-bond acceptors (Lipinski definition) is 4. The Balaban J connectivity index is 0.000000150. The quantitative estimate of drug-likeness (QED) is 0.170. The van der Waals surface area contributed by atoms with E-state index in [1.54, 1.807) is 17.3 Å². The average molecular weight is 723 g/mol. The third-order valence-corrected chi connectivity index (χ3v) is 15.2. The fourth-order valence-electron chi connectivity index (χ4n) is 14.0. The summed E-state index contributed by atoms with van der Waals surface area (Å²) in [5.74, 6) is 3.29. The van der Waals surface area contributed by atoms with Gasteiger partial charge in [0.25, 0.3) is 0 Å². The standard InChI is InChI=1S/C24H28N2O.C24H30N2.CH4/c25-22(27)19-6-7-21(26-15-19)8-9-23-11-17-10-18(12-23)14-24(13-17,16-23)20-4-2-1-3-5-20;25-15-18-6-7-22(26-16-18)8-9-23-11-19-10-20(12-23)14-24(13-19,17-23)21-4-2-1-3-5-21;/h1-7,15,17-18H,8-14,16H2,(H2,25,27);1-7,16,19-20H,8-15,17,25H2;1H4. The van der Waals surface area contributed by atoms with Crippen molar-refractivity contribution in [3.05, 3.63) is 131 Å². The van der Waals surface area contributed by atoms with Gasteiger partial charge >= 0.3 is 0 Å². The lowest BCUT2D eigenvalue weighted by atomic mass is 9.42. The topological polar surface area (TPSA) is 94.9 Å². The van der Waals surface area contributed by atoms with Crippen molar-refractivity contribution in [1.82, 2.24) is 9.97 Å². The second kappa shape index (κ2) is 14.7. The number of nitrogens with zero attached hydrogens (tertiary/aromatic N) is 2. The highest BCUT2D eigenvalue weighted by molar-refractivity contribution is 5.92. The normalized spacial score (nSPS) is 33.8. The van der Waals surface area contributed by atoms with Gasteiger partial charge in [-0.25, -0.2) is 0 Å². The molecule has 8 bridgehead atoms. The summed E-state index contributed by atoms with van der Waals surface area (Å²) in [4.78, 5) is 20.4. The number of amides is 1. The summed E-state index contributed by atoms with van der Waals surface area (Å²) >= 11 is 0. The van der Waals surface area contributed by atoms with E-state index in [4.69, 9.17) is 11.5 Å². The maximum Gasteiger partial charge on any atom is 0.250 e. The Kier molecular flexibility index (Phi) is 10.1. The van der Waals surface area contributed by atoms with Gasteiger partial charge in [-0.2, -0.15) is 0 Å². The molecule has 8 fully saturated rings. The van der Waals surface area contributed by atoms with E-state index in [9.17, 15) is 4.79 Å². The summed E-state index contributed by atoms with van der Waals surface area (Å²) < 4.78 is 0. The summed E-state index contributed by atoms with van der Waals surface area (Å²) in [5, 5.41) is 0. The minimum absolute atomic E-state index is 0. The second-order valence-corrected chi connectivity index (χ2v) is 19.0. The van der Waals surface area contributed by atoms with E-state index in [2.05, 4.69) is 82.8 Å². The Hall–Kier alpha value is -3.83. The first kappa shape index (κ1) is 37.1. The third-order valence-electron chi connectivity index (χ3n) is 15.2. The zero-order chi connectivity index (χ0) is 36.1. The van der Waals surface area contributed by atoms with Gasteiger partial charge in [-0.15, -0.1) is 0 Å². The van der Waals surface area contributed by atoms with Crippen molar-refractivity contribution in [2.45, 2.75) is 128 Å². The van der Waals surface area contributed by atoms with Gasteiger partial charge in [-0.05, 0) is 183 Å². The molecule has 12 rings (SSSR count). The maximum atomic E-state index is 11.3. The predicted octanol–water partition coefficient (Wildman–Crippen LogP) is 10.3. The molecule has 0 spiro atoms. The van der Waals surface area contributed by atoms with E-state index < -0.39 is 5.91 Å². The van der Waals surface area contributed by atoms with Crippen molar-refractivity contribution in [1.29, 1.82) is 0 Å². The Labute approximate surface area is 324 Å². The van der Waals surface area contributed by atoms with Gasteiger partial charge in [0, 0.05) is 30.3 Å². The molecule has 2 aromatic heterocycles. The molecule has 4 N–H and O–H groups in total. The van der Waals surface area contributed by atoms with Crippen LogP contribution < -0.4 is 11.5 Å². The molecule has 8 aliphatic rings. The molecule has 1 amide bonds. The van der Waals surface area contributed by atoms with Gasteiger partial charge in [0.15, 0.2) is 0 Å². The predicted molar refractivity (Wildman–Crippen MR) is 219 cm³/mol. The molecule has 8 aliphatic carbocycles. The lowest BCUT2D eigenvalue weighted by molar-refractivity contribution is -0.0762. The van der Waals surface area contributed by atoms with Crippen LogP contribution in [0.1, 0.15) is 136 Å². The van der Waals surface area contributed by atoms with Crippen LogP contribution in [0, 0.1) is 34.5 Å². The van der Waals surface area contributed by atoms with Crippen molar-refractivity contribution in [3.63, 3.8) is 0 Å². The van der Waals surface area contributed by atoms with Crippen LogP contribution in [0.25, 0.3) is 0 Å². The highest BCUT2D eigenvalue weighted by atomic mass is 16.1. The van der Waals surface area contributed by atoms with E-state index in [0.29, 0.717) is 33.8 Å². The number of aryl methyl sites for hydroxylation is 2. The fourth-order valence-corrected chi connectivity index (χ4v) is 14.0. The number of primary amides is 1. The molecule has 0 saturated heterocycles. The van der Waals surface area contributed by atoms with Crippen LogP contribution in [0.15, 0.2) is 97.3 Å². The van der Waals surface area contributed by atoms with Gasteiger partial charge in [-0.3, -0.25) is 14.8 Å². The average Bonchev–Trinajstić information content (AvgIpc) is 3.17. The molecule has 4 aromatic rings. The largest absolute Gasteiger partial charge is 0.366 e. The van der Waals surface area contributed by atoms with Crippen molar-refractivity contribution < 1.29 is 4.79 Å². The van der Waals surface area contributed by atoms with Crippen molar-refractivity contribution >= 4 is 5.91 Å². The SMILES string of the molecule is C.NC(=O)c1ccc(CCC23CC4CC(C2)CC(c2ccccc2)(C4)C3)nc1.NCc1ccc(CCC23CC4CC(C2)CC(c2ccccc2)(C4)C3)nc1. The summed E-state index contributed by atoms with van der Waals surface area (Å²) in [7, 11) is 0. The number of hydrogen-bond donors (Lipinski definition) is 2. The molecule has 54 heavy (non-hydrogen) atoms. The van der Waals surface area contributed by atoms with Crippen LogP contribution in [0.5, 0.6) is 0 Å². The first-order valence-corrected chi connectivity index (χ1v) is 20.7. The maximum absolute atomic E-state index is 11.3. The molecule has 2 heterocycles. The smallest absolute Gasteiger partial charge is 0.250 e. The van der Waals surface area contributed by atoms with Gasteiger partial charge in [0.05, 0.1) is 5.56 Å². The molecular weight excluding hydrogens is 661 g/mol. The summed E-state index contributed by atoms with van der Waals surface area (Å²) in [6.45, 7) is 0.584. The van der Waals surface area contributed by atoms with E-state index in [1.165, 1.54) is 95.6 Å². The number of aromatic nitrogens is 2. The Morgan fingerprint density at radius 3 is 1.41 bits per heavy atom. The monoisotopic (exact) mass is 722 g/mol. The Morgan fingerprint density at radius 1 is 0.593 bits per heavy atom.